The van der Waals surface area contributed by atoms with Gasteiger partial charge in [-0.15, -0.1) is 5.10 Å². The third kappa shape index (κ3) is 2.44. The molecular weight excluding hydrogens is 304 g/mol. The molecule has 8 nitrogen and oxygen atoms in total. The molecule has 2 N–H and O–H groups in total. The van der Waals surface area contributed by atoms with Crippen molar-refractivity contribution in [2.24, 2.45) is 5.92 Å². The Kier molecular flexibility index (Phi) is 3.07. The Morgan fingerprint density at radius 3 is 2.83 bits per heavy atom. The second-order valence-electron chi connectivity index (χ2n) is 6.57. The molecule has 3 aromatic heterocycles. The highest BCUT2D eigenvalue weighted by molar-refractivity contribution is 5.81. The molecule has 2 aliphatic rings. The van der Waals surface area contributed by atoms with E-state index in [-0.39, 0.29) is 0 Å². The van der Waals surface area contributed by atoms with Crippen LogP contribution in [-0.4, -0.2) is 49.8 Å². The predicted molar refractivity (Wildman–Crippen MR) is 89.9 cm³/mol. The van der Waals surface area contributed by atoms with Gasteiger partial charge in [-0.2, -0.15) is 5.10 Å². The molecule has 0 radical (unpaired) electrons. The smallest absolute Gasteiger partial charge is 0.182 e. The van der Waals surface area contributed by atoms with Crippen LogP contribution in [0.25, 0.3) is 11.2 Å². The number of fused-ring (bicyclic) bond motifs is 1. The topological polar surface area (TPSA) is 95.5 Å². The van der Waals surface area contributed by atoms with Crippen molar-refractivity contribution in [1.82, 2.24) is 30.1 Å². The summed E-state index contributed by atoms with van der Waals surface area (Å²) in [6, 6.07) is 4.23. The first-order valence-corrected chi connectivity index (χ1v) is 8.33. The number of hydrogen-bond acceptors (Lipinski definition) is 7. The van der Waals surface area contributed by atoms with E-state index in [1.54, 1.807) is 6.33 Å². The van der Waals surface area contributed by atoms with Crippen molar-refractivity contribution in [2.45, 2.75) is 18.8 Å². The van der Waals surface area contributed by atoms with E-state index >= 15 is 0 Å². The minimum Gasteiger partial charge on any atom is -0.368 e. The molecular formula is C16H18N8. The molecule has 0 spiro atoms. The molecule has 8 heteroatoms. The van der Waals surface area contributed by atoms with Crippen molar-refractivity contribution < 1.29 is 0 Å². The highest BCUT2D eigenvalue weighted by atomic mass is 15.3. The minimum atomic E-state index is 0.572. The second-order valence-corrected chi connectivity index (χ2v) is 6.57. The van der Waals surface area contributed by atoms with Crippen molar-refractivity contribution in [2.75, 3.05) is 29.9 Å². The van der Waals surface area contributed by atoms with E-state index in [9.17, 15) is 0 Å². The van der Waals surface area contributed by atoms with E-state index in [0.717, 1.165) is 42.5 Å². The van der Waals surface area contributed by atoms with Crippen LogP contribution in [0.5, 0.6) is 0 Å². The molecule has 1 aliphatic heterocycles. The molecule has 122 valence electrons. The Hall–Kier alpha value is -2.77. The van der Waals surface area contributed by atoms with Gasteiger partial charge in [0.1, 0.15) is 11.8 Å². The van der Waals surface area contributed by atoms with Gasteiger partial charge in [0.2, 0.25) is 0 Å². The molecule has 4 heterocycles. The Morgan fingerprint density at radius 1 is 1.12 bits per heavy atom. The highest BCUT2D eigenvalue weighted by Gasteiger charge is 2.29. The zero-order chi connectivity index (χ0) is 15.9. The quantitative estimate of drug-likeness (QED) is 0.736. The normalized spacial score (nSPS) is 17.9. The predicted octanol–water partition coefficient (Wildman–Crippen LogP) is 1.57. The van der Waals surface area contributed by atoms with Crippen LogP contribution >= 0.6 is 0 Å². The summed E-state index contributed by atoms with van der Waals surface area (Å²) in [7, 11) is 0. The third-order valence-electron chi connectivity index (χ3n) is 4.73. The number of hydrogen-bond donors (Lipinski definition) is 2. The maximum absolute atomic E-state index is 4.37. The number of imidazole rings is 1. The third-order valence-corrected chi connectivity index (χ3v) is 4.73. The summed E-state index contributed by atoms with van der Waals surface area (Å²) < 4.78 is 0. The van der Waals surface area contributed by atoms with Gasteiger partial charge >= 0.3 is 0 Å². The monoisotopic (exact) mass is 322 g/mol. The largest absolute Gasteiger partial charge is 0.368 e. The van der Waals surface area contributed by atoms with Gasteiger partial charge < -0.3 is 15.2 Å². The molecule has 1 saturated heterocycles. The maximum atomic E-state index is 4.37. The Balaban J connectivity index is 1.17. The molecule has 0 atom stereocenters. The summed E-state index contributed by atoms with van der Waals surface area (Å²) in [5, 5.41) is 12.1. The lowest BCUT2D eigenvalue weighted by Crippen LogP contribution is -2.50. The zero-order valence-electron chi connectivity index (χ0n) is 13.2. The van der Waals surface area contributed by atoms with Crippen LogP contribution in [0.3, 0.4) is 0 Å². The van der Waals surface area contributed by atoms with E-state index in [4.69, 9.17) is 0 Å². The average Bonchev–Trinajstić information content (AvgIpc) is 3.31. The lowest BCUT2D eigenvalue weighted by molar-refractivity contribution is 0.425. The summed E-state index contributed by atoms with van der Waals surface area (Å²) in [6.07, 6.45) is 5.70. The standard InChI is InChI=1S/C16H18N8/c1-2-11(1)12-3-4-13(23-22-12)24-6-10(7-24)5-17-15-14-16(19-8-18-14)21-9-20-15/h3-4,8-11H,1-2,5-7H2,(H2,17,18,19,20,21). The van der Waals surface area contributed by atoms with Crippen molar-refractivity contribution in [1.29, 1.82) is 0 Å². The second kappa shape index (κ2) is 5.40. The van der Waals surface area contributed by atoms with Crippen LogP contribution in [0.1, 0.15) is 24.5 Å². The molecule has 1 aliphatic carbocycles. The maximum Gasteiger partial charge on any atom is 0.182 e. The number of anilines is 2. The lowest BCUT2D eigenvalue weighted by Gasteiger charge is -2.40. The van der Waals surface area contributed by atoms with Crippen LogP contribution < -0.4 is 10.2 Å². The molecule has 5 rings (SSSR count). The molecule has 0 bridgehead atoms. The number of H-pyrrole nitrogens is 1. The summed E-state index contributed by atoms with van der Waals surface area (Å²) in [5.74, 6) is 3.02. The van der Waals surface area contributed by atoms with Crippen molar-refractivity contribution in [3.63, 3.8) is 0 Å². The van der Waals surface area contributed by atoms with Gasteiger partial charge in [0.05, 0.1) is 12.0 Å². The van der Waals surface area contributed by atoms with Gasteiger partial charge in [-0.25, -0.2) is 15.0 Å². The summed E-state index contributed by atoms with van der Waals surface area (Å²) in [4.78, 5) is 17.9. The fraction of sp³-hybridized carbons (Fsp3) is 0.438. The van der Waals surface area contributed by atoms with Crippen LogP contribution in [0.4, 0.5) is 11.6 Å². The van der Waals surface area contributed by atoms with Gasteiger partial charge in [-0.3, -0.25) is 0 Å². The number of rotatable bonds is 5. The molecule has 0 aromatic carbocycles. The van der Waals surface area contributed by atoms with Crippen molar-refractivity contribution in [3.05, 3.63) is 30.5 Å². The van der Waals surface area contributed by atoms with Crippen LogP contribution in [0.2, 0.25) is 0 Å². The SMILES string of the molecule is c1nc(NCC2CN(c3ccc(C4CC4)nn3)C2)c2[nH]cnc2n1. The molecule has 2 fully saturated rings. The van der Waals surface area contributed by atoms with Crippen molar-refractivity contribution in [3.8, 4) is 0 Å². The highest BCUT2D eigenvalue weighted by Crippen LogP contribution is 2.39. The summed E-state index contributed by atoms with van der Waals surface area (Å²) in [5.41, 5.74) is 2.69. The number of nitrogens with zero attached hydrogens (tertiary/aromatic N) is 6. The Bertz CT molecular complexity index is 848. The van der Waals surface area contributed by atoms with E-state index in [1.807, 2.05) is 0 Å². The molecule has 1 saturated carbocycles. The van der Waals surface area contributed by atoms with Crippen LogP contribution in [0.15, 0.2) is 24.8 Å². The number of nitrogens with one attached hydrogen (secondary N) is 2. The van der Waals surface area contributed by atoms with E-state index < -0.39 is 0 Å². The average molecular weight is 322 g/mol. The summed E-state index contributed by atoms with van der Waals surface area (Å²) in [6.45, 7) is 2.85. The van der Waals surface area contributed by atoms with Crippen LogP contribution in [0, 0.1) is 5.92 Å². The molecule has 0 unspecified atom stereocenters. The first-order valence-electron chi connectivity index (χ1n) is 8.33. The van der Waals surface area contributed by atoms with Gasteiger partial charge in [-0.05, 0) is 25.0 Å². The van der Waals surface area contributed by atoms with Gasteiger partial charge in [0.15, 0.2) is 17.3 Å². The fourth-order valence-electron chi connectivity index (χ4n) is 3.13. The first kappa shape index (κ1) is 13.6. The minimum absolute atomic E-state index is 0.572. The van der Waals surface area contributed by atoms with Crippen LogP contribution in [-0.2, 0) is 0 Å². The zero-order valence-corrected chi connectivity index (χ0v) is 13.2. The fourth-order valence-corrected chi connectivity index (χ4v) is 3.13. The molecule has 0 amide bonds. The number of aromatic nitrogens is 6. The van der Waals surface area contributed by atoms with E-state index in [0.29, 0.717) is 17.5 Å². The Labute approximate surface area is 138 Å². The van der Waals surface area contributed by atoms with Crippen molar-refractivity contribution >= 4 is 22.8 Å². The lowest BCUT2D eigenvalue weighted by atomic mass is 10.0. The Morgan fingerprint density at radius 2 is 2.04 bits per heavy atom. The number of aromatic amines is 1. The molecule has 24 heavy (non-hydrogen) atoms. The first-order chi connectivity index (χ1) is 11.9. The van der Waals surface area contributed by atoms with E-state index in [1.165, 1.54) is 19.2 Å². The van der Waals surface area contributed by atoms with Gasteiger partial charge in [0, 0.05) is 31.5 Å². The molecule has 3 aromatic rings. The summed E-state index contributed by atoms with van der Waals surface area (Å²) >= 11 is 0. The van der Waals surface area contributed by atoms with E-state index in [2.05, 4.69) is 52.5 Å². The van der Waals surface area contributed by atoms with Gasteiger partial charge in [0.25, 0.3) is 0 Å². The van der Waals surface area contributed by atoms with Gasteiger partial charge in [-0.1, -0.05) is 0 Å².